The molecule has 1 aliphatic rings. The van der Waals surface area contributed by atoms with Crippen molar-refractivity contribution in [2.75, 3.05) is 18.6 Å². The van der Waals surface area contributed by atoms with Gasteiger partial charge in [0.2, 0.25) is 11.7 Å². The molecular weight excluding hydrogens is 272 g/mol. The number of hydrogen-bond acceptors (Lipinski definition) is 6. The Kier molecular flexibility index (Phi) is 3.76. The van der Waals surface area contributed by atoms with E-state index >= 15 is 0 Å². The summed E-state index contributed by atoms with van der Waals surface area (Å²) in [7, 11) is 1.98. The molecule has 2 unspecified atom stereocenters. The van der Waals surface area contributed by atoms with Crippen molar-refractivity contribution in [2.45, 2.75) is 25.8 Å². The van der Waals surface area contributed by atoms with E-state index in [-0.39, 0.29) is 5.92 Å². The van der Waals surface area contributed by atoms with Crippen LogP contribution < -0.4 is 5.32 Å². The highest BCUT2D eigenvalue weighted by Crippen LogP contribution is 2.32. The number of likely N-dealkylation sites (N-methyl/N-ethyl adjacent to an activating group) is 1. The molecule has 6 heteroatoms. The van der Waals surface area contributed by atoms with Gasteiger partial charge < -0.3 is 9.84 Å². The fourth-order valence-electron chi connectivity index (χ4n) is 2.51. The van der Waals surface area contributed by atoms with Crippen LogP contribution in [0.25, 0.3) is 11.5 Å². The van der Waals surface area contributed by atoms with E-state index in [1.807, 2.05) is 38.9 Å². The van der Waals surface area contributed by atoms with E-state index < -0.39 is 0 Å². The van der Waals surface area contributed by atoms with E-state index in [2.05, 4.69) is 26.5 Å². The quantitative estimate of drug-likeness (QED) is 0.934. The van der Waals surface area contributed by atoms with Crippen molar-refractivity contribution in [1.29, 1.82) is 0 Å². The molecule has 106 valence electrons. The molecule has 0 aromatic carbocycles. The number of nitrogens with zero attached hydrogens (tertiary/aromatic N) is 3. The van der Waals surface area contributed by atoms with Gasteiger partial charge in [-0.3, -0.25) is 4.98 Å². The van der Waals surface area contributed by atoms with E-state index in [1.165, 1.54) is 0 Å². The van der Waals surface area contributed by atoms with Crippen molar-refractivity contribution < 1.29 is 4.52 Å². The van der Waals surface area contributed by atoms with E-state index in [9.17, 15) is 0 Å². The van der Waals surface area contributed by atoms with Crippen molar-refractivity contribution in [3.8, 4) is 11.5 Å². The standard InChI is InChI=1S/C14H18N4OS/c1-8-4-9(2)12(16-5-8)13-17-14(19-18-13)10-6-20-7-11(10)15-3/h4-5,10-11,15H,6-7H2,1-3H3. The van der Waals surface area contributed by atoms with Gasteiger partial charge in [-0.2, -0.15) is 16.7 Å². The molecule has 2 aromatic rings. The summed E-state index contributed by atoms with van der Waals surface area (Å²) in [6.45, 7) is 4.05. The van der Waals surface area contributed by atoms with Gasteiger partial charge in [0.05, 0.1) is 5.92 Å². The molecule has 0 amide bonds. The summed E-state index contributed by atoms with van der Waals surface area (Å²) in [5.41, 5.74) is 3.01. The zero-order valence-corrected chi connectivity index (χ0v) is 12.7. The fraction of sp³-hybridized carbons (Fsp3) is 0.500. The summed E-state index contributed by atoms with van der Waals surface area (Å²) >= 11 is 1.91. The molecule has 0 bridgehead atoms. The van der Waals surface area contributed by atoms with Crippen LogP contribution in [0.5, 0.6) is 0 Å². The highest BCUT2D eigenvalue weighted by molar-refractivity contribution is 7.99. The third-order valence-corrected chi connectivity index (χ3v) is 4.83. The van der Waals surface area contributed by atoms with Crippen molar-refractivity contribution >= 4 is 11.8 Å². The topological polar surface area (TPSA) is 63.8 Å². The van der Waals surface area contributed by atoms with Gasteiger partial charge in [-0.15, -0.1) is 0 Å². The van der Waals surface area contributed by atoms with Crippen molar-refractivity contribution in [3.63, 3.8) is 0 Å². The highest BCUT2D eigenvalue weighted by atomic mass is 32.2. The Morgan fingerprint density at radius 3 is 2.95 bits per heavy atom. The number of pyridine rings is 1. The Bertz CT molecular complexity index is 613. The Morgan fingerprint density at radius 2 is 2.20 bits per heavy atom. The summed E-state index contributed by atoms with van der Waals surface area (Å²) in [5, 5.41) is 7.42. The second-order valence-corrected chi connectivity index (χ2v) is 6.25. The fourth-order valence-corrected chi connectivity index (χ4v) is 3.93. The van der Waals surface area contributed by atoms with Gasteiger partial charge in [0.15, 0.2) is 0 Å². The van der Waals surface area contributed by atoms with Crippen molar-refractivity contribution in [3.05, 3.63) is 29.3 Å². The van der Waals surface area contributed by atoms with Crippen LogP contribution in [0, 0.1) is 13.8 Å². The first kappa shape index (κ1) is 13.6. The smallest absolute Gasteiger partial charge is 0.232 e. The van der Waals surface area contributed by atoms with Crippen LogP contribution in [0.1, 0.15) is 22.9 Å². The Hall–Kier alpha value is -1.40. The molecule has 1 saturated heterocycles. The molecule has 0 radical (unpaired) electrons. The van der Waals surface area contributed by atoms with Crippen LogP contribution in [-0.2, 0) is 0 Å². The minimum atomic E-state index is 0.289. The van der Waals surface area contributed by atoms with Crippen molar-refractivity contribution in [1.82, 2.24) is 20.4 Å². The molecule has 0 spiro atoms. The first-order valence-electron chi connectivity index (χ1n) is 6.71. The summed E-state index contributed by atoms with van der Waals surface area (Å²) in [6.07, 6.45) is 1.83. The normalized spacial score (nSPS) is 22.4. The molecule has 1 fully saturated rings. The monoisotopic (exact) mass is 290 g/mol. The lowest BCUT2D eigenvalue weighted by Crippen LogP contribution is -2.31. The number of aryl methyl sites for hydroxylation is 2. The number of aromatic nitrogens is 3. The third kappa shape index (κ3) is 2.45. The number of rotatable bonds is 3. The largest absolute Gasteiger partial charge is 0.339 e. The van der Waals surface area contributed by atoms with Crippen LogP contribution in [0.3, 0.4) is 0 Å². The highest BCUT2D eigenvalue weighted by Gasteiger charge is 2.32. The van der Waals surface area contributed by atoms with Crippen LogP contribution >= 0.6 is 11.8 Å². The Morgan fingerprint density at radius 1 is 1.35 bits per heavy atom. The van der Waals surface area contributed by atoms with Gasteiger partial charge in [0.25, 0.3) is 0 Å². The molecule has 2 aromatic heterocycles. The van der Waals surface area contributed by atoms with E-state index in [0.717, 1.165) is 28.3 Å². The summed E-state index contributed by atoms with van der Waals surface area (Å²) in [5.74, 6) is 3.70. The minimum Gasteiger partial charge on any atom is -0.339 e. The predicted molar refractivity (Wildman–Crippen MR) is 79.9 cm³/mol. The molecule has 3 heterocycles. The lowest BCUT2D eigenvalue weighted by Gasteiger charge is -2.13. The second kappa shape index (κ2) is 5.54. The molecule has 0 saturated carbocycles. The van der Waals surface area contributed by atoms with Gasteiger partial charge in [-0.1, -0.05) is 11.2 Å². The maximum Gasteiger partial charge on any atom is 0.232 e. The van der Waals surface area contributed by atoms with Crippen LogP contribution in [0.15, 0.2) is 16.8 Å². The lowest BCUT2D eigenvalue weighted by molar-refractivity contribution is 0.344. The van der Waals surface area contributed by atoms with Gasteiger partial charge in [-0.25, -0.2) is 0 Å². The number of thioether (sulfide) groups is 1. The summed E-state index contributed by atoms with van der Waals surface area (Å²) in [4.78, 5) is 8.98. The van der Waals surface area contributed by atoms with Crippen molar-refractivity contribution in [2.24, 2.45) is 0 Å². The zero-order valence-electron chi connectivity index (χ0n) is 11.9. The average Bonchev–Trinajstić information content (AvgIpc) is 3.06. The van der Waals surface area contributed by atoms with Gasteiger partial charge >= 0.3 is 0 Å². The van der Waals surface area contributed by atoms with Crippen LogP contribution in [0.2, 0.25) is 0 Å². The maximum atomic E-state index is 5.47. The molecule has 1 aliphatic heterocycles. The van der Waals surface area contributed by atoms with Crippen LogP contribution in [-0.4, -0.2) is 39.7 Å². The molecule has 1 N–H and O–H groups in total. The first-order chi connectivity index (χ1) is 9.69. The van der Waals surface area contributed by atoms with Gasteiger partial charge in [-0.05, 0) is 32.0 Å². The van der Waals surface area contributed by atoms with Gasteiger partial charge in [0, 0.05) is 23.7 Å². The second-order valence-electron chi connectivity index (χ2n) is 5.17. The predicted octanol–water partition coefficient (Wildman–Crippen LogP) is 2.17. The Labute approximate surface area is 122 Å². The van der Waals surface area contributed by atoms with E-state index in [1.54, 1.807) is 0 Å². The zero-order chi connectivity index (χ0) is 14.1. The minimum absolute atomic E-state index is 0.289. The SMILES string of the molecule is CNC1CSCC1c1nc(-c2ncc(C)cc2C)no1. The molecule has 5 nitrogen and oxygen atoms in total. The molecule has 0 aliphatic carbocycles. The molecular formula is C14H18N4OS. The molecule has 3 rings (SSSR count). The lowest BCUT2D eigenvalue weighted by atomic mass is 10.0. The summed E-state index contributed by atoms with van der Waals surface area (Å²) in [6, 6.07) is 2.49. The first-order valence-corrected chi connectivity index (χ1v) is 7.86. The molecule has 20 heavy (non-hydrogen) atoms. The van der Waals surface area contributed by atoms with E-state index in [0.29, 0.717) is 17.8 Å². The Balaban J connectivity index is 1.90. The third-order valence-electron chi connectivity index (χ3n) is 3.64. The maximum absolute atomic E-state index is 5.47. The van der Waals surface area contributed by atoms with E-state index in [4.69, 9.17) is 4.52 Å². The van der Waals surface area contributed by atoms with Crippen LogP contribution in [0.4, 0.5) is 0 Å². The molecule has 2 atom stereocenters. The number of hydrogen-bond donors (Lipinski definition) is 1. The summed E-state index contributed by atoms with van der Waals surface area (Å²) < 4.78 is 5.47. The average molecular weight is 290 g/mol. The van der Waals surface area contributed by atoms with Gasteiger partial charge in [0.1, 0.15) is 5.69 Å². The number of nitrogens with one attached hydrogen (secondary N) is 1.